The highest BCUT2D eigenvalue weighted by Crippen LogP contribution is 2.13. The molecular formula is C18H26N4O2. The molecule has 24 heavy (non-hydrogen) atoms. The Morgan fingerprint density at radius 3 is 2.33 bits per heavy atom. The van der Waals surface area contributed by atoms with Gasteiger partial charge < -0.3 is 15.5 Å². The lowest BCUT2D eigenvalue weighted by Gasteiger charge is -2.32. The van der Waals surface area contributed by atoms with E-state index in [0.717, 1.165) is 57.5 Å². The summed E-state index contributed by atoms with van der Waals surface area (Å²) < 4.78 is 0. The van der Waals surface area contributed by atoms with Crippen LogP contribution in [-0.4, -0.2) is 60.5 Å². The van der Waals surface area contributed by atoms with Crippen molar-refractivity contribution in [2.24, 2.45) is 0 Å². The Morgan fingerprint density at radius 1 is 1.00 bits per heavy atom. The van der Waals surface area contributed by atoms with Crippen LogP contribution in [0.5, 0.6) is 0 Å². The second-order valence-electron chi connectivity index (χ2n) is 6.61. The summed E-state index contributed by atoms with van der Waals surface area (Å²) in [7, 11) is 0. The Hall–Kier alpha value is -2.08. The molecule has 1 aromatic carbocycles. The second-order valence-corrected chi connectivity index (χ2v) is 6.61. The maximum Gasteiger partial charge on any atom is 0.317 e. The molecule has 0 atom stereocenters. The van der Waals surface area contributed by atoms with Crippen LogP contribution < -0.4 is 10.6 Å². The number of anilines is 1. The molecule has 2 fully saturated rings. The third-order valence-electron chi connectivity index (χ3n) is 4.73. The molecule has 0 spiro atoms. The van der Waals surface area contributed by atoms with Gasteiger partial charge in [0.15, 0.2) is 0 Å². The van der Waals surface area contributed by atoms with Gasteiger partial charge in [-0.25, -0.2) is 4.79 Å². The van der Waals surface area contributed by atoms with Crippen molar-refractivity contribution in [2.45, 2.75) is 31.7 Å². The summed E-state index contributed by atoms with van der Waals surface area (Å²) in [6.45, 7) is 3.84. The van der Waals surface area contributed by atoms with Crippen LogP contribution in [0.25, 0.3) is 0 Å². The maximum atomic E-state index is 12.1. The lowest BCUT2D eigenvalue weighted by Crippen LogP contribution is -2.49. The van der Waals surface area contributed by atoms with Crippen LogP contribution in [-0.2, 0) is 4.79 Å². The summed E-state index contributed by atoms with van der Waals surface area (Å²) in [6.07, 6.45) is 4.03. The zero-order valence-corrected chi connectivity index (χ0v) is 14.0. The minimum absolute atomic E-state index is 0.0146. The molecular weight excluding hydrogens is 304 g/mol. The third kappa shape index (κ3) is 4.71. The predicted molar refractivity (Wildman–Crippen MR) is 93.9 cm³/mol. The van der Waals surface area contributed by atoms with E-state index in [-0.39, 0.29) is 18.0 Å². The van der Waals surface area contributed by atoms with E-state index in [2.05, 4.69) is 15.5 Å². The van der Waals surface area contributed by atoms with Crippen LogP contribution >= 0.6 is 0 Å². The lowest BCUT2D eigenvalue weighted by molar-refractivity contribution is -0.117. The van der Waals surface area contributed by atoms with Crippen LogP contribution in [0.3, 0.4) is 0 Å². The Morgan fingerprint density at radius 2 is 1.67 bits per heavy atom. The van der Waals surface area contributed by atoms with Gasteiger partial charge in [-0.15, -0.1) is 0 Å². The van der Waals surface area contributed by atoms with E-state index < -0.39 is 0 Å². The number of benzene rings is 1. The van der Waals surface area contributed by atoms with Gasteiger partial charge in [-0.2, -0.15) is 0 Å². The van der Waals surface area contributed by atoms with Crippen LogP contribution in [0.1, 0.15) is 25.7 Å². The van der Waals surface area contributed by atoms with Crippen molar-refractivity contribution in [2.75, 3.05) is 38.0 Å². The molecule has 6 heteroatoms. The van der Waals surface area contributed by atoms with Crippen LogP contribution in [0.2, 0.25) is 0 Å². The first-order valence-corrected chi connectivity index (χ1v) is 8.83. The highest BCUT2D eigenvalue weighted by atomic mass is 16.2. The van der Waals surface area contributed by atoms with E-state index in [1.807, 2.05) is 35.2 Å². The standard InChI is InChI=1S/C18H26N4O2/c23-17(19-15-6-2-1-3-7-15)14-21-12-8-16(9-13-21)20-18(24)22-10-4-5-11-22/h1-3,6-7,16H,4-5,8-14H2,(H,19,23)(H,20,24). The fourth-order valence-electron chi connectivity index (χ4n) is 3.35. The Kier molecular flexibility index (Phi) is 5.69. The van der Waals surface area contributed by atoms with Crippen molar-refractivity contribution >= 4 is 17.6 Å². The molecule has 3 rings (SSSR count). The quantitative estimate of drug-likeness (QED) is 0.886. The average molecular weight is 330 g/mol. The number of hydrogen-bond donors (Lipinski definition) is 2. The van der Waals surface area contributed by atoms with E-state index in [4.69, 9.17) is 0 Å². The summed E-state index contributed by atoms with van der Waals surface area (Å²) in [6, 6.07) is 9.82. The van der Waals surface area contributed by atoms with E-state index >= 15 is 0 Å². The number of amides is 3. The van der Waals surface area contributed by atoms with Gasteiger partial charge in [0.25, 0.3) is 0 Å². The molecule has 6 nitrogen and oxygen atoms in total. The zero-order chi connectivity index (χ0) is 16.8. The lowest BCUT2D eigenvalue weighted by atomic mass is 10.1. The maximum absolute atomic E-state index is 12.1. The molecule has 130 valence electrons. The van der Waals surface area contributed by atoms with E-state index in [9.17, 15) is 9.59 Å². The van der Waals surface area contributed by atoms with Crippen LogP contribution in [0, 0.1) is 0 Å². The second kappa shape index (κ2) is 8.15. The van der Waals surface area contributed by atoms with Crippen molar-refractivity contribution < 1.29 is 9.59 Å². The molecule has 0 radical (unpaired) electrons. The fraction of sp³-hybridized carbons (Fsp3) is 0.556. The monoisotopic (exact) mass is 330 g/mol. The number of rotatable bonds is 4. The van der Waals surface area contributed by atoms with Gasteiger partial charge in [0.2, 0.25) is 5.91 Å². The molecule has 0 aliphatic carbocycles. The Balaban J connectivity index is 1.37. The number of piperidine rings is 1. The smallest absolute Gasteiger partial charge is 0.317 e. The summed E-state index contributed by atoms with van der Waals surface area (Å²) in [5.74, 6) is 0.0146. The third-order valence-corrected chi connectivity index (χ3v) is 4.73. The van der Waals surface area contributed by atoms with Gasteiger partial charge in [0.1, 0.15) is 0 Å². The molecule has 2 saturated heterocycles. The van der Waals surface area contributed by atoms with Crippen LogP contribution in [0.15, 0.2) is 30.3 Å². The zero-order valence-electron chi connectivity index (χ0n) is 14.0. The van der Waals surface area contributed by atoms with E-state index in [1.165, 1.54) is 0 Å². The van der Waals surface area contributed by atoms with Gasteiger partial charge in [-0.3, -0.25) is 9.69 Å². The van der Waals surface area contributed by atoms with Gasteiger partial charge >= 0.3 is 6.03 Å². The molecule has 0 unspecified atom stereocenters. The van der Waals surface area contributed by atoms with Crippen molar-refractivity contribution in [1.29, 1.82) is 0 Å². The molecule has 0 saturated carbocycles. The number of carbonyl (C=O) groups excluding carboxylic acids is 2. The first-order valence-electron chi connectivity index (χ1n) is 8.83. The number of urea groups is 1. The largest absolute Gasteiger partial charge is 0.335 e. The number of likely N-dealkylation sites (tertiary alicyclic amines) is 2. The van der Waals surface area contributed by atoms with E-state index in [1.54, 1.807) is 0 Å². The fourth-order valence-corrected chi connectivity index (χ4v) is 3.35. The number of para-hydroxylation sites is 1. The Labute approximate surface area is 143 Å². The van der Waals surface area contributed by atoms with Crippen molar-refractivity contribution in [3.05, 3.63) is 30.3 Å². The number of hydrogen-bond acceptors (Lipinski definition) is 3. The molecule has 3 amide bonds. The summed E-state index contributed by atoms with van der Waals surface area (Å²) in [5.41, 5.74) is 0.829. The number of nitrogens with zero attached hydrogens (tertiary/aromatic N) is 2. The molecule has 2 heterocycles. The molecule has 2 N–H and O–H groups in total. The van der Waals surface area contributed by atoms with Gasteiger partial charge in [-0.1, -0.05) is 18.2 Å². The van der Waals surface area contributed by atoms with Gasteiger partial charge in [-0.05, 0) is 37.8 Å². The molecule has 0 aromatic heterocycles. The number of nitrogens with one attached hydrogen (secondary N) is 2. The van der Waals surface area contributed by atoms with Crippen molar-refractivity contribution in [1.82, 2.24) is 15.1 Å². The van der Waals surface area contributed by atoms with Crippen molar-refractivity contribution in [3.63, 3.8) is 0 Å². The minimum Gasteiger partial charge on any atom is -0.335 e. The topological polar surface area (TPSA) is 64.7 Å². The predicted octanol–water partition coefficient (Wildman–Crippen LogP) is 1.89. The van der Waals surface area contributed by atoms with E-state index in [0.29, 0.717) is 6.54 Å². The minimum atomic E-state index is 0.0146. The molecule has 2 aliphatic rings. The van der Waals surface area contributed by atoms with Gasteiger partial charge in [0, 0.05) is 37.9 Å². The summed E-state index contributed by atoms with van der Waals surface area (Å²) in [4.78, 5) is 28.2. The SMILES string of the molecule is O=C(CN1CCC(NC(=O)N2CCCC2)CC1)Nc1ccccc1. The Bertz CT molecular complexity index is 549. The summed E-state index contributed by atoms with van der Waals surface area (Å²) in [5, 5.41) is 6.05. The normalized spacial score (nSPS) is 19.2. The molecule has 0 bridgehead atoms. The summed E-state index contributed by atoms with van der Waals surface area (Å²) >= 11 is 0. The van der Waals surface area contributed by atoms with Gasteiger partial charge in [0.05, 0.1) is 6.54 Å². The molecule has 1 aromatic rings. The first kappa shape index (κ1) is 16.8. The highest BCUT2D eigenvalue weighted by molar-refractivity contribution is 5.92. The van der Waals surface area contributed by atoms with Crippen molar-refractivity contribution in [3.8, 4) is 0 Å². The first-order chi connectivity index (χ1) is 11.7. The average Bonchev–Trinajstić information content (AvgIpc) is 3.12. The number of carbonyl (C=O) groups is 2. The van der Waals surface area contributed by atoms with Crippen LogP contribution in [0.4, 0.5) is 10.5 Å². The highest BCUT2D eigenvalue weighted by Gasteiger charge is 2.25. The molecule has 2 aliphatic heterocycles.